The van der Waals surface area contributed by atoms with Gasteiger partial charge < -0.3 is 5.32 Å². The van der Waals surface area contributed by atoms with Gasteiger partial charge in [-0.05, 0) is 35.5 Å². The predicted octanol–water partition coefficient (Wildman–Crippen LogP) is 2.51. The van der Waals surface area contributed by atoms with Crippen molar-refractivity contribution in [3.05, 3.63) is 39.8 Å². The maximum Gasteiger partial charge on any atom is 0.293 e. The highest BCUT2D eigenvalue weighted by atomic mass is 35.5. The monoisotopic (exact) mass is 324 g/mol. The van der Waals surface area contributed by atoms with Gasteiger partial charge in [0.15, 0.2) is 0 Å². The van der Waals surface area contributed by atoms with E-state index in [1.165, 1.54) is 6.92 Å². The van der Waals surface area contributed by atoms with Gasteiger partial charge in [0.05, 0.1) is 4.91 Å². The van der Waals surface area contributed by atoms with Gasteiger partial charge in [0.2, 0.25) is 5.91 Å². The molecule has 21 heavy (non-hydrogen) atoms. The summed E-state index contributed by atoms with van der Waals surface area (Å²) in [6.07, 6.45) is 1.65. The van der Waals surface area contributed by atoms with Gasteiger partial charge in [-0.25, -0.2) is 0 Å². The van der Waals surface area contributed by atoms with Crippen molar-refractivity contribution in [2.75, 3.05) is 13.1 Å². The first-order valence-electron chi connectivity index (χ1n) is 6.23. The van der Waals surface area contributed by atoms with Crippen LogP contribution in [0.25, 0.3) is 6.08 Å². The van der Waals surface area contributed by atoms with Crippen LogP contribution in [0.5, 0.6) is 0 Å². The molecule has 3 amide bonds. The Morgan fingerprint density at radius 1 is 1.33 bits per heavy atom. The molecule has 0 saturated carbocycles. The van der Waals surface area contributed by atoms with Crippen LogP contribution < -0.4 is 5.32 Å². The number of nitrogens with one attached hydrogen (secondary N) is 1. The first kappa shape index (κ1) is 15.6. The number of carbonyl (C=O) groups is 3. The fourth-order valence-electron chi connectivity index (χ4n) is 1.75. The van der Waals surface area contributed by atoms with Crippen LogP contribution in [-0.2, 0) is 9.59 Å². The summed E-state index contributed by atoms with van der Waals surface area (Å²) in [6, 6.07) is 6.98. The van der Waals surface area contributed by atoms with Crippen molar-refractivity contribution in [1.29, 1.82) is 0 Å². The third-order valence-corrected chi connectivity index (χ3v) is 3.91. The lowest BCUT2D eigenvalue weighted by atomic mass is 10.2. The van der Waals surface area contributed by atoms with Crippen LogP contribution in [0.1, 0.15) is 12.5 Å². The summed E-state index contributed by atoms with van der Waals surface area (Å²) in [6.45, 7) is 1.80. The van der Waals surface area contributed by atoms with E-state index in [1.54, 1.807) is 30.3 Å². The quantitative estimate of drug-likeness (QED) is 0.864. The van der Waals surface area contributed by atoms with Crippen molar-refractivity contribution in [1.82, 2.24) is 10.2 Å². The first-order valence-corrected chi connectivity index (χ1v) is 7.42. The van der Waals surface area contributed by atoms with Crippen molar-refractivity contribution in [3.8, 4) is 0 Å². The molecule has 1 fully saturated rings. The van der Waals surface area contributed by atoms with E-state index >= 15 is 0 Å². The van der Waals surface area contributed by atoms with Crippen molar-refractivity contribution < 1.29 is 14.4 Å². The van der Waals surface area contributed by atoms with Crippen LogP contribution in [0.2, 0.25) is 5.02 Å². The van der Waals surface area contributed by atoms with E-state index in [0.717, 1.165) is 22.2 Å². The molecule has 0 bridgehead atoms. The number of amides is 3. The molecule has 0 spiro atoms. The first-order chi connectivity index (χ1) is 9.97. The molecular formula is C14H13ClN2O3S. The van der Waals surface area contributed by atoms with Crippen molar-refractivity contribution in [2.24, 2.45) is 0 Å². The predicted molar refractivity (Wildman–Crippen MR) is 82.8 cm³/mol. The zero-order valence-corrected chi connectivity index (χ0v) is 12.8. The van der Waals surface area contributed by atoms with Crippen molar-refractivity contribution in [3.63, 3.8) is 0 Å². The van der Waals surface area contributed by atoms with Gasteiger partial charge in [-0.3, -0.25) is 19.3 Å². The molecule has 1 aromatic rings. The maximum atomic E-state index is 12.1. The van der Waals surface area contributed by atoms with Gasteiger partial charge in [-0.1, -0.05) is 23.7 Å². The molecule has 0 aromatic heterocycles. The lowest BCUT2D eigenvalue weighted by Gasteiger charge is -2.12. The third kappa shape index (κ3) is 4.09. The van der Waals surface area contributed by atoms with E-state index in [-0.39, 0.29) is 30.1 Å². The topological polar surface area (TPSA) is 66.5 Å². The van der Waals surface area contributed by atoms with E-state index in [0.29, 0.717) is 9.93 Å². The minimum atomic E-state index is -0.342. The van der Waals surface area contributed by atoms with Crippen LogP contribution in [0.3, 0.4) is 0 Å². The molecule has 0 radical (unpaired) electrons. The Bertz CT molecular complexity index is 613. The van der Waals surface area contributed by atoms with Crippen molar-refractivity contribution >= 4 is 46.5 Å². The fraction of sp³-hybridized carbons (Fsp3) is 0.214. The zero-order valence-electron chi connectivity index (χ0n) is 11.3. The maximum absolute atomic E-state index is 12.1. The molecule has 0 atom stereocenters. The van der Waals surface area contributed by atoms with Gasteiger partial charge in [-0.2, -0.15) is 0 Å². The molecular weight excluding hydrogens is 312 g/mol. The smallest absolute Gasteiger partial charge is 0.293 e. The van der Waals surface area contributed by atoms with Gasteiger partial charge in [0.25, 0.3) is 11.1 Å². The molecule has 110 valence electrons. The second-order valence-electron chi connectivity index (χ2n) is 4.37. The molecule has 5 nitrogen and oxygen atoms in total. The van der Waals surface area contributed by atoms with E-state index in [2.05, 4.69) is 5.32 Å². The molecule has 1 aliphatic heterocycles. The summed E-state index contributed by atoms with van der Waals surface area (Å²) >= 11 is 6.69. The molecule has 1 N–H and O–H groups in total. The summed E-state index contributed by atoms with van der Waals surface area (Å²) in [4.78, 5) is 36.2. The number of halogens is 1. The van der Waals surface area contributed by atoms with E-state index in [4.69, 9.17) is 11.6 Å². The summed E-state index contributed by atoms with van der Waals surface area (Å²) < 4.78 is 0. The number of hydrogen-bond acceptors (Lipinski definition) is 4. The van der Waals surface area contributed by atoms with Crippen LogP contribution in [0.4, 0.5) is 4.79 Å². The lowest BCUT2D eigenvalue weighted by molar-refractivity contribution is -0.123. The Morgan fingerprint density at radius 3 is 2.62 bits per heavy atom. The third-order valence-electron chi connectivity index (χ3n) is 2.75. The van der Waals surface area contributed by atoms with Crippen LogP contribution >= 0.6 is 23.4 Å². The summed E-state index contributed by atoms with van der Waals surface area (Å²) in [5.74, 6) is -0.538. The van der Waals surface area contributed by atoms with E-state index in [9.17, 15) is 14.4 Å². The highest BCUT2D eigenvalue weighted by Crippen LogP contribution is 2.31. The lowest BCUT2D eigenvalue weighted by Crippen LogP contribution is -2.36. The van der Waals surface area contributed by atoms with Gasteiger partial charge in [0, 0.05) is 25.0 Å². The highest BCUT2D eigenvalue weighted by molar-refractivity contribution is 8.18. The second-order valence-corrected chi connectivity index (χ2v) is 5.80. The number of thioether (sulfide) groups is 1. The zero-order chi connectivity index (χ0) is 15.4. The summed E-state index contributed by atoms with van der Waals surface area (Å²) in [5, 5.41) is 2.83. The molecule has 1 heterocycles. The van der Waals surface area contributed by atoms with Gasteiger partial charge in [-0.15, -0.1) is 0 Å². The number of carbonyl (C=O) groups excluding carboxylic acids is 3. The largest absolute Gasteiger partial charge is 0.355 e. The SMILES string of the molecule is CC(=O)NCCN1C(=O)SC(=Cc2ccc(Cl)cc2)C1=O. The minimum absolute atomic E-state index is 0.169. The average Bonchev–Trinajstić information content (AvgIpc) is 2.68. The number of hydrogen-bond donors (Lipinski definition) is 1. The molecule has 1 aromatic carbocycles. The number of imide groups is 1. The van der Waals surface area contributed by atoms with Gasteiger partial charge in [0.1, 0.15) is 0 Å². The summed E-state index contributed by atoms with van der Waals surface area (Å²) in [7, 11) is 0. The van der Waals surface area contributed by atoms with Crippen LogP contribution in [0, 0.1) is 0 Å². The summed E-state index contributed by atoms with van der Waals surface area (Å²) in [5.41, 5.74) is 0.798. The Hall–Kier alpha value is -1.79. The van der Waals surface area contributed by atoms with Gasteiger partial charge >= 0.3 is 0 Å². The van der Waals surface area contributed by atoms with E-state index < -0.39 is 0 Å². The Morgan fingerprint density at radius 2 is 2.00 bits per heavy atom. The molecule has 0 aliphatic carbocycles. The number of nitrogens with zero attached hydrogens (tertiary/aromatic N) is 1. The normalized spacial score (nSPS) is 16.7. The highest BCUT2D eigenvalue weighted by Gasteiger charge is 2.34. The molecule has 7 heteroatoms. The van der Waals surface area contributed by atoms with E-state index in [1.807, 2.05) is 0 Å². The molecule has 1 aliphatic rings. The Kier molecular flexibility index (Phi) is 5.03. The second kappa shape index (κ2) is 6.78. The average molecular weight is 325 g/mol. The molecule has 0 unspecified atom stereocenters. The molecule has 1 saturated heterocycles. The Labute approximate surface area is 131 Å². The standard InChI is InChI=1S/C14H13ClN2O3S/c1-9(18)16-6-7-17-13(19)12(21-14(17)20)8-10-2-4-11(15)5-3-10/h2-5,8H,6-7H2,1H3,(H,16,18). The van der Waals surface area contributed by atoms with Crippen LogP contribution in [-0.4, -0.2) is 35.0 Å². The van der Waals surface area contributed by atoms with Crippen LogP contribution in [0.15, 0.2) is 29.2 Å². The number of benzene rings is 1. The Balaban J connectivity index is 2.06. The number of rotatable bonds is 4. The fourth-order valence-corrected chi connectivity index (χ4v) is 2.74. The van der Waals surface area contributed by atoms with Crippen molar-refractivity contribution in [2.45, 2.75) is 6.92 Å². The minimum Gasteiger partial charge on any atom is -0.355 e. The molecule has 2 rings (SSSR count).